The molecule has 0 aliphatic rings. The van der Waals surface area contributed by atoms with Gasteiger partial charge in [0.1, 0.15) is 6.04 Å². The summed E-state index contributed by atoms with van der Waals surface area (Å²) in [6.07, 6.45) is 1.29. The van der Waals surface area contributed by atoms with Gasteiger partial charge in [-0.25, -0.2) is 4.79 Å². The van der Waals surface area contributed by atoms with Crippen LogP contribution in [0.1, 0.15) is 6.42 Å². The number of H-pyrrole nitrogens is 2. The van der Waals surface area contributed by atoms with Crippen LogP contribution in [0.5, 0.6) is 0 Å². The van der Waals surface area contributed by atoms with Crippen LogP contribution in [-0.2, 0) is 9.36 Å². The molecule has 11 heteroatoms. The Bertz CT molecular complexity index is 537. The first kappa shape index (κ1) is 20.6. The largest absolute Gasteiger partial charge is 0.480 e. The fourth-order valence-corrected chi connectivity index (χ4v) is 1.64. The van der Waals surface area contributed by atoms with E-state index < -0.39 is 25.1 Å². The Labute approximate surface area is 114 Å². The van der Waals surface area contributed by atoms with Crippen molar-refractivity contribution in [3.05, 3.63) is 33.1 Å². The molecule has 1 aromatic heterocycles. The van der Waals surface area contributed by atoms with Crippen LogP contribution in [-0.4, -0.2) is 44.8 Å². The molecule has 0 aromatic carbocycles. The molecule has 0 spiro atoms. The van der Waals surface area contributed by atoms with E-state index in [4.69, 9.17) is 15.7 Å². The Morgan fingerprint density at radius 1 is 1.50 bits per heavy atom. The van der Waals surface area contributed by atoms with Gasteiger partial charge in [0.25, 0.3) is 5.56 Å². The molecule has 0 saturated heterocycles. The second-order valence-electron chi connectivity index (χ2n) is 3.80. The predicted molar refractivity (Wildman–Crippen MR) is 73.6 cm³/mol. The van der Waals surface area contributed by atoms with Crippen LogP contribution in [0.15, 0.2) is 21.9 Å². The van der Waals surface area contributed by atoms with Crippen LogP contribution >= 0.6 is 7.37 Å². The number of carboxylic acid groups (broad SMARTS) is 1. The molecule has 2 atom stereocenters. The number of aromatic amines is 2. The molecule has 0 aliphatic carbocycles. The maximum absolute atomic E-state index is 10.6. The van der Waals surface area contributed by atoms with E-state index in [2.05, 4.69) is 4.98 Å². The highest BCUT2D eigenvalue weighted by atomic mass is 31.2. The summed E-state index contributed by atoms with van der Waals surface area (Å²) in [7, 11) is -3.10. The highest BCUT2D eigenvalue weighted by molar-refractivity contribution is 7.57. The summed E-state index contributed by atoms with van der Waals surface area (Å²) in [5, 5.41) is 8.28. The molecular weight excluding hydrogens is 291 g/mol. The van der Waals surface area contributed by atoms with Crippen LogP contribution in [0, 0.1) is 0 Å². The highest BCUT2D eigenvalue weighted by Gasteiger charge is 2.16. The minimum Gasteiger partial charge on any atom is -0.480 e. The first-order valence-electron chi connectivity index (χ1n) is 5.17. The van der Waals surface area contributed by atoms with Crippen LogP contribution in [0.2, 0.25) is 0 Å². The zero-order valence-corrected chi connectivity index (χ0v) is 11.8. The second kappa shape index (κ2) is 9.21. The first-order valence-corrected chi connectivity index (χ1v) is 7.46. The SMILES string of the molecule is CP(=O)(O)CCC(N)C(=O)O.N.O=c1cc[nH]c(=O)[nH]1. The van der Waals surface area contributed by atoms with Crippen molar-refractivity contribution in [3.63, 3.8) is 0 Å². The molecule has 116 valence electrons. The average molecular weight is 310 g/mol. The molecule has 1 aromatic rings. The number of carbonyl (C=O) groups is 1. The lowest BCUT2D eigenvalue weighted by molar-refractivity contribution is -0.138. The van der Waals surface area contributed by atoms with Crippen LogP contribution in [0.4, 0.5) is 0 Å². The third-order valence-corrected chi connectivity index (χ3v) is 2.95. The van der Waals surface area contributed by atoms with Gasteiger partial charge in [-0.05, 0) is 6.42 Å². The van der Waals surface area contributed by atoms with Crippen molar-refractivity contribution in [1.82, 2.24) is 16.1 Å². The van der Waals surface area contributed by atoms with Gasteiger partial charge in [-0.1, -0.05) is 0 Å². The predicted octanol–water partition coefficient (Wildman–Crippen LogP) is -1.09. The fourth-order valence-electron chi connectivity index (χ4n) is 0.885. The number of hydrogen-bond donors (Lipinski definition) is 6. The van der Waals surface area contributed by atoms with E-state index in [9.17, 15) is 18.9 Å². The Hall–Kier alpha value is -1.74. The van der Waals surface area contributed by atoms with Crippen molar-refractivity contribution >= 4 is 13.3 Å². The van der Waals surface area contributed by atoms with Crippen molar-refractivity contribution < 1.29 is 19.4 Å². The van der Waals surface area contributed by atoms with Crippen molar-refractivity contribution in [2.75, 3.05) is 12.8 Å². The third kappa shape index (κ3) is 11.4. The van der Waals surface area contributed by atoms with Gasteiger partial charge in [0.05, 0.1) is 0 Å². The summed E-state index contributed by atoms with van der Waals surface area (Å²) in [6.45, 7) is 1.18. The summed E-state index contributed by atoms with van der Waals surface area (Å²) in [6, 6.07) is 0.205. The summed E-state index contributed by atoms with van der Waals surface area (Å²) in [5.41, 5.74) is 4.24. The Balaban J connectivity index is 0. The zero-order valence-electron chi connectivity index (χ0n) is 10.9. The molecule has 0 bridgehead atoms. The lowest BCUT2D eigenvalue weighted by atomic mass is 10.2. The van der Waals surface area contributed by atoms with Gasteiger partial charge >= 0.3 is 11.7 Å². The summed E-state index contributed by atoms with van der Waals surface area (Å²) >= 11 is 0. The molecule has 20 heavy (non-hydrogen) atoms. The van der Waals surface area contributed by atoms with Gasteiger partial charge in [0, 0.05) is 25.1 Å². The summed E-state index contributed by atoms with van der Waals surface area (Å²) in [5.74, 6) is -1.14. The molecular formula is C9H19N4O6P. The molecule has 0 radical (unpaired) electrons. The molecule has 0 aliphatic heterocycles. The topological polar surface area (TPSA) is 201 Å². The van der Waals surface area contributed by atoms with E-state index in [0.29, 0.717) is 0 Å². The number of carboxylic acids is 1. The van der Waals surface area contributed by atoms with E-state index in [-0.39, 0.29) is 24.3 Å². The third-order valence-electron chi connectivity index (χ3n) is 1.86. The first-order chi connectivity index (χ1) is 8.61. The molecule has 9 N–H and O–H groups in total. The molecule has 1 heterocycles. The maximum Gasteiger partial charge on any atom is 0.325 e. The van der Waals surface area contributed by atoms with E-state index in [1.54, 1.807) is 0 Å². The van der Waals surface area contributed by atoms with E-state index in [0.717, 1.165) is 0 Å². The number of aromatic nitrogens is 2. The van der Waals surface area contributed by atoms with Crippen molar-refractivity contribution in [1.29, 1.82) is 0 Å². The van der Waals surface area contributed by atoms with Gasteiger partial charge in [-0.15, -0.1) is 0 Å². The summed E-state index contributed by atoms with van der Waals surface area (Å²) < 4.78 is 10.6. The molecule has 10 nitrogen and oxygen atoms in total. The quantitative estimate of drug-likeness (QED) is 0.376. The van der Waals surface area contributed by atoms with Gasteiger partial charge in [0.15, 0.2) is 7.37 Å². The highest BCUT2D eigenvalue weighted by Crippen LogP contribution is 2.35. The normalized spacial score (nSPS) is 13.9. The van der Waals surface area contributed by atoms with Crippen LogP contribution in [0.3, 0.4) is 0 Å². The van der Waals surface area contributed by atoms with Crippen LogP contribution < -0.4 is 23.1 Å². The number of nitrogens with two attached hydrogens (primary N) is 1. The van der Waals surface area contributed by atoms with Crippen molar-refractivity contribution in [3.8, 4) is 0 Å². The lowest BCUT2D eigenvalue weighted by Gasteiger charge is -2.07. The van der Waals surface area contributed by atoms with Crippen molar-refractivity contribution in [2.24, 2.45) is 5.73 Å². The van der Waals surface area contributed by atoms with Gasteiger partial charge in [0.2, 0.25) is 0 Å². The van der Waals surface area contributed by atoms with Crippen LogP contribution in [0.25, 0.3) is 0 Å². The standard InChI is InChI=1S/C5H12NO4P.C4H4N2O2.H3N/c1-11(9,10)3-2-4(6)5(7)8;7-3-1-2-5-4(8)6-3;/h4H,2-3,6H2,1H3,(H,7,8)(H,9,10);1-2H,(H2,5,6,7,8);1H3. The summed E-state index contributed by atoms with van der Waals surface area (Å²) in [4.78, 5) is 43.5. The Kier molecular flexibility index (Phi) is 9.47. The molecule has 0 saturated carbocycles. The smallest absolute Gasteiger partial charge is 0.325 e. The van der Waals surface area contributed by atoms with E-state index in [1.165, 1.54) is 18.9 Å². The monoisotopic (exact) mass is 310 g/mol. The van der Waals surface area contributed by atoms with E-state index >= 15 is 0 Å². The molecule has 1 rings (SSSR count). The van der Waals surface area contributed by atoms with E-state index in [1.807, 2.05) is 4.98 Å². The number of rotatable bonds is 4. The van der Waals surface area contributed by atoms with Gasteiger partial charge in [-0.2, -0.15) is 0 Å². The fraction of sp³-hybridized carbons (Fsp3) is 0.444. The second-order valence-corrected chi connectivity index (χ2v) is 6.35. The number of aliphatic carboxylic acids is 1. The minimum atomic E-state index is -3.10. The molecule has 2 unspecified atom stereocenters. The molecule has 0 amide bonds. The molecule has 0 fully saturated rings. The maximum atomic E-state index is 10.6. The average Bonchev–Trinajstić information content (AvgIpc) is 2.25. The number of nitrogens with one attached hydrogen (secondary N) is 2. The number of hydrogen-bond acceptors (Lipinski definition) is 6. The van der Waals surface area contributed by atoms with Gasteiger partial charge in [-0.3, -0.25) is 19.1 Å². The lowest BCUT2D eigenvalue weighted by Crippen LogP contribution is -2.30. The Morgan fingerprint density at radius 2 is 2.05 bits per heavy atom. The van der Waals surface area contributed by atoms with Crippen molar-refractivity contribution in [2.45, 2.75) is 12.5 Å². The minimum absolute atomic E-state index is 0. The zero-order chi connectivity index (χ0) is 15.1. The Morgan fingerprint density at radius 3 is 2.35 bits per heavy atom. The van der Waals surface area contributed by atoms with Gasteiger partial charge < -0.3 is 26.9 Å².